The van der Waals surface area contributed by atoms with Crippen molar-refractivity contribution in [3.8, 4) is 0 Å². The van der Waals surface area contributed by atoms with Crippen molar-refractivity contribution in [2.45, 2.75) is 6.04 Å². The second-order valence-electron chi connectivity index (χ2n) is 2.90. The van der Waals surface area contributed by atoms with E-state index in [4.69, 9.17) is 15.6 Å². The molecule has 0 fully saturated rings. The minimum absolute atomic E-state index is 0.0136. The van der Waals surface area contributed by atoms with Gasteiger partial charge in [-0.25, -0.2) is 9.59 Å². The van der Waals surface area contributed by atoms with Gasteiger partial charge in [-0.2, -0.15) is 0 Å². The summed E-state index contributed by atoms with van der Waals surface area (Å²) in [4.78, 5) is 22.2. The van der Waals surface area contributed by atoms with Crippen molar-refractivity contribution in [2.24, 2.45) is 5.73 Å². The molecule has 0 aliphatic heterocycles. The maximum atomic E-state index is 11.2. The van der Waals surface area contributed by atoms with Crippen LogP contribution < -0.4 is 5.73 Å². The molecule has 0 spiro atoms. The Labute approximate surface area is 93.3 Å². The van der Waals surface area contributed by atoms with Gasteiger partial charge in [0.2, 0.25) is 0 Å². The van der Waals surface area contributed by atoms with E-state index in [-0.39, 0.29) is 18.8 Å². The quantitative estimate of drug-likeness (QED) is 0.194. The first-order valence-corrected chi connectivity index (χ1v) is 4.51. The lowest BCUT2D eigenvalue weighted by atomic mass is 10.3. The summed E-state index contributed by atoms with van der Waals surface area (Å²) in [6.07, 6.45) is 1.51. The summed E-state index contributed by atoms with van der Waals surface area (Å²) in [6.45, 7) is 6.40. The van der Waals surface area contributed by atoms with Crippen LogP contribution in [-0.4, -0.2) is 42.9 Å². The van der Waals surface area contributed by atoms with Crippen LogP contribution in [0.25, 0.3) is 0 Å². The van der Waals surface area contributed by atoms with Crippen molar-refractivity contribution in [3.05, 3.63) is 24.8 Å². The van der Waals surface area contributed by atoms with E-state index in [0.717, 1.165) is 0 Å². The van der Waals surface area contributed by atoms with Gasteiger partial charge in [-0.3, -0.25) is 0 Å². The van der Waals surface area contributed by atoms with Gasteiger partial charge in [0.25, 0.3) is 0 Å². The first-order valence-electron chi connectivity index (χ1n) is 4.51. The summed E-state index contributed by atoms with van der Waals surface area (Å²) >= 11 is 0. The maximum Gasteiger partial charge on any atom is 0.343 e. The number of nitrogens with two attached hydrogens (primary N) is 1. The summed E-state index contributed by atoms with van der Waals surface area (Å²) in [5, 5.41) is 8.53. The van der Waals surface area contributed by atoms with Crippen LogP contribution in [0.1, 0.15) is 0 Å². The predicted octanol–water partition coefficient (Wildman–Crippen LogP) is -0.865. The lowest BCUT2D eigenvalue weighted by molar-refractivity contribution is -0.158. The molecule has 90 valence electrons. The Bertz CT molecular complexity index is 287. The molecule has 0 amide bonds. The third-order valence-electron chi connectivity index (χ3n) is 1.49. The molecule has 0 aromatic heterocycles. The van der Waals surface area contributed by atoms with E-state index in [1.165, 1.54) is 6.08 Å². The topological polar surface area (TPSA) is 98.9 Å². The Morgan fingerprint density at radius 1 is 1.50 bits per heavy atom. The molecule has 0 aliphatic carbocycles. The fraction of sp³-hybridized carbons (Fsp3) is 0.400. The number of carbonyl (C=O) groups excluding carboxylic acids is 2. The van der Waals surface area contributed by atoms with Crippen molar-refractivity contribution < 1.29 is 24.2 Å². The molecule has 0 saturated carbocycles. The number of aliphatic hydroxyl groups excluding tert-OH is 1. The molecule has 6 heteroatoms. The molecular weight excluding hydrogens is 214 g/mol. The molecule has 0 unspecified atom stereocenters. The van der Waals surface area contributed by atoms with Crippen LogP contribution in [0.5, 0.6) is 0 Å². The van der Waals surface area contributed by atoms with Crippen molar-refractivity contribution in [2.75, 3.05) is 19.8 Å². The number of carbonyl (C=O) groups is 2. The summed E-state index contributed by atoms with van der Waals surface area (Å²) in [6, 6.07) is -1.23. The summed E-state index contributed by atoms with van der Waals surface area (Å²) in [5.41, 5.74) is 5.12. The van der Waals surface area contributed by atoms with Crippen molar-refractivity contribution in [3.63, 3.8) is 0 Å². The van der Waals surface area contributed by atoms with Crippen LogP contribution in [0.3, 0.4) is 0 Å². The third kappa shape index (κ3) is 5.40. The van der Waals surface area contributed by atoms with Gasteiger partial charge < -0.3 is 20.3 Å². The van der Waals surface area contributed by atoms with Crippen molar-refractivity contribution in [1.82, 2.24) is 0 Å². The van der Waals surface area contributed by atoms with Gasteiger partial charge in [-0.05, 0) is 0 Å². The highest BCUT2D eigenvalue weighted by atomic mass is 16.6. The van der Waals surface area contributed by atoms with Crippen LogP contribution >= 0.6 is 0 Å². The number of ether oxygens (including phenoxy) is 2. The number of hydrogen-bond donors (Lipinski definition) is 2. The molecule has 0 rings (SSSR count). The number of rotatable bonds is 7. The van der Waals surface area contributed by atoms with E-state index in [1.54, 1.807) is 0 Å². The van der Waals surface area contributed by atoms with E-state index >= 15 is 0 Å². The second-order valence-corrected chi connectivity index (χ2v) is 2.90. The first kappa shape index (κ1) is 14.5. The lowest BCUT2D eigenvalue weighted by Crippen LogP contribution is -2.37. The average molecular weight is 229 g/mol. The lowest BCUT2D eigenvalue weighted by Gasteiger charge is -2.08. The largest absolute Gasteiger partial charge is 0.394 e. The third-order valence-corrected chi connectivity index (χ3v) is 1.49. The van der Waals surface area contributed by atoms with Crippen LogP contribution in [0.4, 0.5) is 0 Å². The number of aliphatic hydroxyl groups is 1. The molecule has 0 saturated heterocycles. The highest BCUT2D eigenvalue weighted by Gasteiger charge is 2.19. The standard InChI is InChI=1S/C10H15NO5/c1-3-4-15-6-7(2)9(13)16-10(14)8(11)5-12/h3,8,12H,1-2,4-6,11H2/t8-/m0/s1. The average Bonchev–Trinajstić information content (AvgIpc) is 2.27. The Hall–Kier alpha value is -1.50. The molecule has 16 heavy (non-hydrogen) atoms. The highest BCUT2D eigenvalue weighted by Crippen LogP contribution is 1.98. The van der Waals surface area contributed by atoms with Crippen molar-refractivity contribution in [1.29, 1.82) is 0 Å². The molecule has 0 radical (unpaired) electrons. The van der Waals surface area contributed by atoms with E-state index < -0.39 is 24.6 Å². The van der Waals surface area contributed by atoms with Gasteiger partial charge in [0, 0.05) is 0 Å². The van der Waals surface area contributed by atoms with Crippen molar-refractivity contribution >= 4 is 11.9 Å². The van der Waals surface area contributed by atoms with E-state index in [9.17, 15) is 9.59 Å². The zero-order valence-electron chi connectivity index (χ0n) is 8.85. The summed E-state index contributed by atoms with van der Waals surface area (Å²) in [5.74, 6) is -1.92. The Kier molecular flexibility index (Phi) is 7.02. The SMILES string of the molecule is C=CCOCC(=C)C(=O)OC(=O)[C@@H](N)CO. The second kappa shape index (κ2) is 7.75. The van der Waals surface area contributed by atoms with Crippen LogP contribution in [0.15, 0.2) is 24.8 Å². The molecule has 0 aromatic rings. The molecule has 3 N–H and O–H groups in total. The van der Waals surface area contributed by atoms with Gasteiger partial charge >= 0.3 is 11.9 Å². The fourth-order valence-corrected chi connectivity index (χ4v) is 0.638. The number of hydrogen-bond acceptors (Lipinski definition) is 6. The normalized spacial score (nSPS) is 11.6. The van der Waals surface area contributed by atoms with Gasteiger partial charge in [-0.1, -0.05) is 12.7 Å². The monoisotopic (exact) mass is 229 g/mol. The molecular formula is C10H15NO5. The van der Waals surface area contributed by atoms with Crippen LogP contribution in [0.2, 0.25) is 0 Å². The molecule has 0 heterocycles. The first-order chi connectivity index (χ1) is 7.52. The number of esters is 2. The minimum atomic E-state index is -1.23. The van der Waals surface area contributed by atoms with Crippen LogP contribution in [-0.2, 0) is 19.1 Å². The van der Waals surface area contributed by atoms with Gasteiger partial charge in [0.1, 0.15) is 6.04 Å². The fourth-order valence-electron chi connectivity index (χ4n) is 0.638. The predicted molar refractivity (Wildman–Crippen MR) is 56.3 cm³/mol. The van der Waals surface area contributed by atoms with Gasteiger partial charge in [0.05, 0.1) is 25.4 Å². The zero-order chi connectivity index (χ0) is 12.6. The minimum Gasteiger partial charge on any atom is -0.394 e. The van der Waals surface area contributed by atoms with Crippen LogP contribution in [0, 0.1) is 0 Å². The zero-order valence-corrected chi connectivity index (χ0v) is 8.85. The van der Waals surface area contributed by atoms with E-state index in [1.807, 2.05) is 0 Å². The Balaban J connectivity index is 4.00. The van der Waals surface area contributed by atoms with Gasteiger partial charge in [-0.15, -0.1) is 6.58 Å². The van der Waals surface area contributed by atoms with Gasteiger partial charge in [0.15, 0.2) is 0 Å². The Morgan fingerprint density at radius 2 is 2.12 bits per heavy atom. The summed E-state index contributed by atoms with van der Waals surface area (Å²) in [7, 11) is 0. The molecule has 0 bridgehead atoms. The van der Waals surface area contributed by atoms with E-state index in [0.29, 0.717) is 0 Å². The van der Waals surface area contributed by atoms with E-state index in [2.05, 4.69) is 17.9 Å². The molecule has 0 aliphatic rings. The Morgan fingerprint density at radius 3 is 2.62 bits per heavy atom. The summed E-state index contributed by atoms with van der Waals surface area (Å²) < 4.78 is 9.25. The highest BCUT2D eigenvalue weighted by molar-refractivity contribution is 5.97. The molecule has 0 aromatic carbocycles. The smallest absolute Gasteiger partial charge is 0.343 e. The molecule has 1 atom stereocenters. The molecule has 6 nitrogen and oxygen atoms in total. The maximum absolute atomic E-state index is 11.2.